The summed E-state index contributed by atoms with van der Waals surface area (Å²) in [5.41, 5.74) is 1.90. The number of ether oxygens (including phenoxy) is 2. The molecule has 2 rings (SSSR count). The zero-order valence-electron chi connectivity index (χ0n) is 14.3. The summed E-state index contributed by atoms with van der Waals surface area (Å²) >= 11 is 0. The smallest absolute Gasteiger partial charge is 0.342 e. The molecule has 0 fully saturated rings. The van der Waals surface area contributed by atoms with Crippen LogP contribution < -0.4 is 0 Å². The second-order valence-electron chi connectivity index (χ2n) is 5.44. The number of carbonyl (C=O) groups is 2. The first kappa shape index (κ1) is 17.8. The predicted octanol–water partition coefficient (Wildman–Crippen LogP) is 4.39. The molecule has 0 spiro atoms. The third-order valence-electron chi connectivity index (χ3n) is 3.48. The van der Waals surface area contributed by atoms with E-state index in [1.54, 1.807) is 0 Å². The lowest BCUT2D eigenvalue weighted by atomic mass is 10.0. The molecule has 0 saturated heterocycles. The van der Waals surface area contributed by atoms with Crippen molar-refractivity contribution in [1.29, 1.82) is 0 Å². The van der Waals surface area contributed by atoms with Gasteiger partial charge in [-0.1, -0.05) is 38.1 Å². The Morgan fingerprint density at radius 1 is 1.00 bits per heavy atom. The van der Waals surface area contributed by atoms with Gasteiger partial charge in [0.2, 0.25) is 0 Å². The van der Waals surface area contributed by atoms with E-state index in [4.69, 9.17) is 13.9 Å². The van der Waals surface area contributed by atoms with Crippen molar-refractivity contribution in [2.75, 3.05) is 13.2 Å². The number of hydrogen-bond acceptors (Lipinski definition) is 5. The van der Waals surface area contributed by atoms with Gasteiger partial charge in [0.25, 0.3) is 0 Å². The number of furan rings is 1. The van der Waals surface area contributed by atoms with Crippen molar-refractivity contribution in [2.24, 2.45) is 0 Å². The molecular formula is C19H22O5. The lowest BCUT2D eigenvalue weighted by molar-refractivity contribution is 0.0460. The fraction of sp³-hybridized carbons (Fsp3) is 0.368. The van der Waals surface area contributed by atoms with Crippen LogP contribution in [0.25, 0.3) is 11.3 Å². The first-order valence-electron chi connectivity index (χ1n) is 8.11. The molecule has 1 aromatic heterocycles. The maximum absolute atomic E-state index is 12.5. The Bertz CT molecular complexity index is 714. The van der Waals surface area contributed by atoms with Crippen LogP contribution in [0.3, 0.4) is 0 Å². The van der Waals surface area contributed by atoms with Crippen LogP contribution >= 0.6 is 0 Å². The average Bonchev–Trinajstić information content (AvgIpc) is 3.02. The van der Waals surface area contributed by atoms with E-state index in [-0.39, 0.29) is 24.3 Å². The molecule has 5 nitrogen and oxygen atoms in total. The first-order valence-corrected chi connectivity index (χ1v) is 8.11. The number of esters is 2. The average molecular weight is 330 g/mol. The summed E-state index contributed by atoms with van der Waals surface area (Å²) in [7, 11) is 0. The Labute approximate surface area is 141 Å². The van der Waals surface area contributed by atoms with Gasteiger partial charge in [-0.15, -0.1) is 0 Å². The Balaban J connectivity index is 2.48. The van der Waals surface area contributed by atoms with Gasteiger partial charge >= 0.3 is 11.9 Å². The van der Waals surface area contributed by atoms with E-state index in [2.05, 4.69) is 0 Å². The molecular weight excluding hydrogens is 308 g/mol. The summed E-state index contributed by atoms with van der Waals surface area (Å²) in [4.78, 5) is 24.7. The third kappa shape index (κ3) is 3.85. The van der Waals surface area contributed by atoms with Gasteiger partial charge in [-0.2, -0.15) is 0 Å². The molecule has 0 amide bonds. The van der Waals surface area contributed by atoms with Gasteiger partial charge in [-0.3, -0.25) is 0 Å². The molecule has 5 heteroatoms. The lowest BCUT2D eigenvalue weighted by Gasteiger charge is -2.08. The van der Waals surface area contributed by atoms with Crippen molar-refractivity contribution >= 4 is 11.9 Å². The maximum atomic E-state index is 12.5. The van der Waals surface area contributed by atoms with E-state index in [0.29, 0.717) is 18.6 Å². The molecule has 1 aromatic carbocycles. The third-order valence-corrected chi connectivity index (χ3v) is 3.48. The highest BCUT2D eigenvalue weighted by molar-refractivity contribution is 6.07. The minimum Gasteiger partial charge on any atom is -0.462 e. The maximum Gasteiger partial charge on any atom is 0.342 e. The largest absolute Gasteiger partial charge is 0.462 e. The number of aryl methyl sites for hydroxylation is 1. The van der Waals surface area contributed by atoms with Gasteiger partial charge in [0.05, 0.1) is 13.2 Å². The number of benzene rings is 1. The second-order valence-corrected chi connectivity index (χ2v) is 5.44. The van der Waals surface area contributed by atoms with Gasteiger partial charge in [0, 0.05) is 5.56 Å². The quantitative estimate of drug-likeness (QED) is 0.704. The first-order chi connectivity index (χ1) is 11.6. The van der Waals surface area contributed by atoms with E-state index >= 15 is 0 Å². The molecule has 0 aliphatic rings. The zero-order valence-corrected chi connectivity index (χ0v) is 14.3. The van der Waals surface area contributed by atoms with E-state index in [0.717, 1.165) is 11.1 Å². The van der Waals surface area contributed by atoms with Crippen molar-refractivity contribution in [1.82, 2.24) is 0 Å². The SMILES string of the molecule is CCCOC(=O)c1coc(-c2ccccc2C)c1C(=O)OCCC. The zero-order chi connectivity index (χ0) is 17.5. The Morgan fingerprint density at radius 2 is 1.62 bits per heavy atom. The molecule has 0 atom stereocenters. The van der Waals surface area contributed by atoms with Crippen LogP contribution in [0.4, 0.5) is 0 Å². The Hall–Kier alpha value is -2.56. The summed E-state index contributed by atoms with van der Waals surface area (Å²) in [6, 6.07) is 7.49. The van der Waals surface area contributed by atoms with E-state index in [1.165, 1.54) is 6.26 Å². The minimum absolute atomic E-state index is 0.0998. The normalized spacial score (nSPS) is 10.5. The van der Waals surface area contributed by atoms with Crippen molar-refractivity contribution in [3.05, 3.63) is 47.2 Å². The molecule has 0 radical (unpaired) electrons. The monoisotopic (exact) mass is 330 g/mol. The van der Waals surface area contributed by atoms with E-state index in [1.807, 2.05) is 45.0 Å². The standard InChI is InChI=1S/C19H22O5/c1-4-10-22-18(20)15-12-24-17(14-9-7-6-8-13(14)3)16(15)19(21)23-11-5-2/h6-9,12H,4-5,10-11H2,1-3H3. The van der Waals surface area contributed by atoms with Gasteiger partial charge in [-0.05, 0) is 25.3 Å². The van der Waals surface area contributed by atoms with Crippen LogP contribution in [0, 0.1) is 6.92 Å². The highest BCUT2D eigenvalue weighted by atomic mass is 16.5. The van der Waals surface area contributed by atoms with Crippen molar-refractivity contribution < 1.29 is 23.5 Å². The fourth-order valence-corrected chi connectivity index (χ4v) is 2.28. The van der Waals surface area contributed by atoms with Crippen LogP contribution in [0.5, 0.6) is 0 Å². The summed E-state index contributed by atoms with van der Waals surface area (Å²) < 4.78 is 15.9. The second kappa shape index (κ2) is 8.34. The van der Waals surface area contributed by atoms with Gasteiger partial charge < -0.3 is 13.9 Å². The summed E-state index contributed by atoms with van der Waals surface area (Å²) in [6.07, 6.45) is 2.66. The molecule has 0 aliphatic carbocycles. The molecule has 0 bridgehead atoms. The van der Waals surface area contributed by atoms with E-state index < -0.39 is 11.9 Å². The number of hydrogen-bond donors (Lipinski definition) is 0. The van der Waals surface area contributed by atoms with Gasteiger partial charge in [0.1, 0.15) is 23.2 Å². The van der Waals surface area contributed by atoms with Crippen molar-refractivity contribution in [2.45, 2.75) is 33.6 Å². The molecule has 0 N–H and O–H groups in total. The summed E-state index contributed by atoms with van der Waals surface area (Å²) in [5.74, 6) is -0.825. The van der Waals surface area contributed by atoms with Crippen LogP contribution in [-0.4, -0.2) is 25.2 Å². The van der Waals surface area contributed by atoms with Crippen LogP contribution in [0.15, 0.2) is 34.9 Å². The van der Waals surface area contributed by atoms with Crippen LogP contribution in [0.2, 0.25) is 0 Å². The Kier molecular flexibility index (Phi) is 6.18. The minimum atomic E-state index is -0.580. The Morgan fingerprint density at radius 3 is 2.25 bits per heavy atom. The van der Waals surface area contributed by atoms with Crippen LogP contribution in [0.1, 0.15) is 53.0 Å². The molecule has 1 heterocycles. The molecule has 0 saturated carbocycles. The highest BCUT2D eigenvalue weighted by Gasteiger charge is 2.28. The molecule has 24 heavy (non-hydrogen) atoms. The van der Waals surface area contributed by atoms with E-state index in [9.17, 15) is 9.59 Å². The summed E-state index contributed by atoms with van der Waals surface area (Å²) in [5, 5.41) is 0. The van der Waals surface area contributed by atoms with Gasteiger partial charge in [-0.25, -0.2) is 9.59 Å². The van der Waals surface area contributed by atoms with Crippen molar-refractivity contribution in [3.8, 4) is 11.3 Å². The molecule has 0 unspecified atom stereocenters. The predicted molar refractivity (Wildman–Crippen MR) is 90.0 cm³/mol. The van der Waals surface area contributed by atoms with Crippen molar-refractivity contribution in [3.63, 3.8) is 0 Å². The van der Waals surface area contributed by atoms with Crippen LogP contribution in [-0.2, 0) is 9.47 Å². The molecule has 0 aliphatic heterocycles. The highest BCUT2D eigenvalue weighted by Crippen LogP contribution is 2.31. The molecule has 2 aromatic rings. The lowest BCUT2D eigenvalue weighted by Crippen LogP contribution is -2.13. The number of rotatable bonds is 7. The van der Waals surface area contributed by atoms with Gasteiger partial charge in [0.15, 0.2) is 0 Å². The topological polar surface area (TPSA) is 65.7 Å². The number of carbonyl (C=O) groups excluding carboxylic acids is 2. The molecule has 128 valence electrons. The fourth-order valence-electron chi connectivity index (χ4n) is 2.28. The summed E-state index contributed by atoms with van der Waals surface area (Å²) in [6.45, 7) is 6.28.